The molecule has 4 nitrogen and oxygen atoms in total. The summed E-state index contributed by atoms with van der Waals surface area (Å²) in [7, 11) is 0. The van der Waals surface area contributed by atoms with Crippen LogP contribution in [0.5, 0.6) is 11.5 Å². The van der Waals surface area contributed by atoms with Crippen molar-refractivity contribution in [2.45, 2.75) is 13.8 Å². The van der Waals surface area contributed by atoms with Gasteiger partial charge in [0.15, 0.2) is 0 Å². The maximum atomic E-state index is 12.6. The lowest BCUT2D eigenvalue weighted by atomic mass is 10.1. The lowest BCUT2D eigenvalue weighted by Crippen LogP contribution is -2.13. The van der Waals surface area contributed by atoms with Crippen molar-refractivity contribution in [3.63, 3.8) is 0 Å². The van der Waals surface area contributed by atoms with Gasteiger partial charge in [-0.3, -0.25) is 4.79 Å². The molecule has 0 aromatic heterocycles. The van der Waals surface area contributed by atoms with Gasteiger partial charge in [-0.2, -0.15) is 0 Å². The molecule has 0 atom stereocenters. The smallest absolute Gasteiger partial charge is 0.255 e. The second-order valence-electron chi connectivity index (χ2n) is 6.31. The van der Waals surface area contributed by atoms with Gasteiger partial charge in [0.25, 0.3) is 5.91 Å². The second kappa shape index (κ2) is 8.90. The molecule has 27 heavy (non-hydrogen) atoms. The zero-order valence-electron chi connectivity index (χ0n) is 15.6. The van der Waals surface area contributed by atoms with Crippen LogP contribution < -0.4 is 14.8 Å². The summed E-state index contributed by atoms with van der Waals surface area (Å²) in [6, 6.07) is 22.7. The minimum Gasteiger partial charge on any atom is -0.490 e. The molecule has 0 fully saturated rings. The number of carbonyl (C=O) groups excluding carboxylic acids is 1. The third-order valence-electron chi connectivity index (χ3n) is 4.10. The van der Waals surface area contributed by atoms with E-state index in [0.717, 1.165) is 22.6 Å². The van der Waals surface area contributed by atoms with Crippen molar-refractivity contribution in [3.05, 3.63) is 89.5 Å². The zero-order chi connectivity index (χ0) is 19.1. The van der Waals surface area contributed by atoms with Crippen LogP contribution in [0.4, 0.5) is 5.69 Å². The molecule has 4 heteroatoms. The fourth-order valence-corrected chi connectivity index (χ4v) is 2.63. The van der Waals surface area contributed by atoms with Crippen LogP contribution in [0, 0.1) is 13.8 Å². The van der Waals surface area contributed by atoms with Gasteiger partial charge in [0, 0.05) is 11.3 Å². The Hall–Kier alpha value is -3.27. The molecule has 0 saturated carbocycles. The van der Waals surface area contributed by atoms with Crippen molar-refractivity contribution in [1.29, 1.82) is 0 Å². The second-order valence-corrected chi connectivity index (χ2v) is 6.31. The number of hydrogen-bond donors (Lipinski definition) is 1. The van der Waals surface area contributed by atoms with Gasteiger partial charge in [-0.15, -0.1) is 0 Å². The highest BCUT2D eigenvalue weighted by Gasteiger charge is 2.09. The zero-order valence-corrected chi connectivity index (χ0v) is 15.6. The van der Waals surface area contributed by atoms with Crippen LogP contribution in [0.25, 0.3) is 0 Å². The summed E-state index contributed by atoms with van der Waals surface area (Å²) in [6.45, 7) is 4.81. The largest absolute Gasteiger partial charge is 0.490 e. The first kappa shape index (κ1) is 18.5. The van der Waals surface area contributed by atoms with Crippen molar-refractivity contribution in [2.75, 3.05) is 18.5 Å². The van der Waals surface area contributed by atoms with E-state index in [1.165, 1.54) is 0 Å². The first-order valence-electron chi connectivity index (χ1n) is 8.91. The fraction of sp³-hybridized carbons (Fsp3) is 0.174. The molecule has 0 spiro atoms. The summed E-state index contributed by atoms with van der Waals surface area (Å²) in [5.74, 6) is 1.29. The molecule has 0 aliphatic carbocycles. The Labute approximate surface area is 159 Å². The van der Waals surface area contributed by atoms with E-state index in [4.69, 9.17) is 9.47 Å². The minimum absolute atomic E-state index is 0.158. The summed E-state index contributed by atoms with van der Waals surface area (Å²) >= 11 is 0. The summed E-state index contributed by atoms with van der Waals surface area (Å²) in [5, 5.41) is 2.96. The highest BCUT2D eigenvalue weighted by molar-refractivity contribution is 6.04. The summed E-state index contributed by atoms with van der Waals surface area (Å²) in [5.41, 5.74) is 3.51. The number of rotatable bonds is 7. The Bertz CT molecular complexity index is 907. The lowest BCUT2D eigenvalue weighted by molar-refractivity contribution is 0.102. The molecule has 3 rings (SSSR count). The van der Waals surface area contributed by atoms with Crippen molar-refractivity contribution in [1.82, 2.24) is 0 Å². The molecule has 3 aromatic rings. The van der Waals surface area contributed by atoms with Gasteiger partial charge in [0.05, 0.1) is 0 Å². The van der Waals surface area contributed by atoms with E-state index in [2.05, 4.69) is 5.32 Å². The minimum atomic E-state index is -0.158. The third kappa shape index (κ3) is 5.35. The molecule has 1 N–H and O–H groups in total. The van der Waals surface area contributed by atoms with Crippen molar-refractivity contribution in [2.24, 2.45) is 0 Å². The topological polar surface area (TPSA) is 47.6 Å². The molecular formula is C23H23NO3. The normalized spacial score (nSPS) is 10.3. The first-order valence-corrected chi connectivity index (χ1v) is 8.91. The number of amides is 1. The average Bonchev–Trinajstić information content (AvgIpc) is 2.69. The van der Waals surface area contributed by atoms with E-state index in [1.54, 1.807) is 12.1 Å². The molecule has 0 bridgehead atoms. The van der Waals surface area contributed by atoms with Crippen molar-refractivity contribution < 1.29 is 14.3 Å². The van der Waals surface area contributed by atoms with Crippen LogP contribution in [-0.2, 0) is 0 Å². The maximum Gasteiger partial charge on any atom is 0.255 e. The Morgan fingerprint density at radius 3 is 2.30 bits per heavy atom. The van der Waals surface area contributed by atoms with E-state index >= 15 is 0 Å². The Kier molecular flexibility index (Phi) is 6.10. The van der Waals surface area contributed by atoms with Crippen LogP contribution in [0.3, 0.4) is 0 Å². The van der Waals surface area contributed by atoms with Crippen molar-refractivity contribution in [3.8, 4) is 11.5 Å². The van der Waals surface area contributed by atoms with E-state index in [0.29, 0.717) is 24.5 Å². The van der Waals surface area contributed by atoms with Gasteiger partial charge in [-0.1, -0.05) is 36.4 Å². The predicted molar refractivity (Wildman–Crippen MR) is 108 cm³/mol. The van der Waals surface area contributed by atoms with Crippen LogP contribution in [0.2, 0.25) is 0 Å². The van der Waals surface area contributed by atoms with E-state index in [-0.39, 0.29) is 5.91 Å². The van der Waals surface area contributed by atoms with Crippen LogP contribution in [0.1, 0.15) is 21.5 Å². The van der Waals surface area contributed by atoms with Crippen molar-refractivity contribution >= 4 is 11.6 Å². The van der Waals surface area contributed by atoms with Gasteiger partial charge in [-0.05, 0) is 61.4 Å². The first-order chi connectivity index (χ1) is 13.1. The summed E-state index contributed by atoms with van der Waals surface area (Å²) < 4.78 is 11.3. The van der Waals surface area contributed by atoms with E-state index in [9.17, 15) is 4.79 Å². The van der Waals surface area contributed by atoms with Gasteiger partial charge >= 0.3 is 0 Å². The highest BCUT2D eigenvalue weighted by Crippen LogP contribution is 2.19. The molecule has 1 amide bonds. The Morgan fingerprint density at radius 1 is 0.815 bits per heavy atom. The van der Waals surface area contributed by atoms with Gasteiger partial charge in [0.2, 0.25) is 0 Å². The lowest BCUT2D eigenvalue weighted by Gasteiger charge is -2.11. The number of ether oxygens (including phenoxy) is 2. The molecule has 0 heterocycles. The molecule has 0 unspecified atom stereocenters. The molecule has 0 radical (unpaired) electrons. The summed E-state index contributed by atoms with van der Waals surface area (Å²) in [4.78, 5) is 12.6. The van der Waals surface area contributed by atoms with Gasteiger partial charge in [0.1, 0.15) is 24.7 Å². The number of benzene rings is 3. The third-order valence-corrected chi connectivity index (χ3v) is 4.10. The monoisotopic (exact) mass is 361 g/mol. The van der Waals surface area contributed by atoms with E-state index < -0.39 is 0 Å². The fourth-order valence-electron chi connectivity index (χ4n) is 2.63. The molecule has 3 aromatic carbocycles. The maximum absolute atomic E-state index is 12.6. The SMILES string of the molecule is Cc1ccc(C)c(NC(=O)c2cccc(OCCOc3ccccc3)c2)c1. The molecule has 0 aliphatic rings. The van der Waals surface area contributed by atoms with Crippen LogP contribution in [-0.4, -0.2) is 19.1 Å². The van der Waals surface area contributed by atoms with Gasteiger partial charge in [-0.25, -0.2) is 0 Å². The predicted octanol–water partition coefficient (Wildman–Crippen LogP) is 5.01. The number of hydrogen-bond acceptors (Lipinski definition) is 3. The van der Waals surface area contributed by atoms with Crippen LogP contribution in [0.15, 0.2) is 72.8 Å². The summed E-state index contributed by atoms with van der Waals surface area (Å²) in [6.07, 6.45) is 0. The Balaban J connectivity index is 1.56. The van der Waals surface area contributed by atoms with E-state index in [1.807, 2.05) is 74.5 Å². The Morgan fingerprint density at radius 2 is 1.52 bits per heavy atom. The highest BCUT2D eigenvalue weighted by atomic mass is 16.5. The van der Waals surface area contributed by atoms with Gasteiger partial charge < -0.3 is 14.8 Å². The number of carbonyl (C=O) groups is 1. The number of aryl methyl sites for hydroxylation is 2. The molecule has 138 valence electrons. The number of nitrogens with one attached hydrogen (secondary N) is 1. The number of anilines is 1. The average molecular weight is 361 g/mol. The molecule has 0 aliphatic heterocycles. The quantitative estimate of drug-likeness (QED) is 0.602. The van der Waals surface area contributed by atoms with Crippen LogP contribution >= 0.6 is 0 Å². The number of para-hydroxylation sites is 1. The molecular weight excluding hydrogens is 338 g/mol. The standard InChI is InChI=1S/C23H23NO3/c1-17-11-12-18(2)22(15-17)24-23(25)19-7-6-10-21(16-19)27-14-13-26-20-8-4-3-5-9-20/h3-12,15-16H,13-14H2,1-2H3,(H,24,25). The molecule has 0 saturated heterocycles.